The van der Waals surface area contributed by atoms with Crippen LogP contribution in [0.25, 0.3) is 0 Å². The molecule has 0 aromatic carbocycles. The summed E-state index contributed by atoms with van der Waals surface area (Å²) in [5, 5.41) is 5.64. The van der Waals surface area contributed by atoms with E-state index in [9.17, 15) is 4.79 Å². The number of rotatable bonds is 1. The summed E-state index contributed by atoms with van der Waals surface area (Å²) >= 11 is 0. The molecular weight excluding hydrogens is 180 g/mol. The van der Waals surface area contributed by atoms with Crippen molar-refractivity contribution in [3.8, 4) is 0 Å². The number of carbonyl (C=O) groups excluding carboxylic acids is 1. The molecule has 0 aliphatic carbocycles. The smallest absolute Gasteiger partial charge is 0.253 e. The molecule has 1 aliphatic rings. The van der Waals surface area contributed by atoms with Crippen molar-refractivity contribution >= 4 is 17.4 Å². The summed E-state index contributed by atoms with van der Waals surface area (Å²) in [6.45, 7) is 0.645. The van der Waals surface area contributed by atoms with Crippen LogP contribution in [-0.2, 0) is 6.42 Å². The average Bonchev–Trinajstić information content (AvgIpc) is 2.19. The summed E-state index contributed by atoms with van der Waals surface area (Å²) in [5.41, 5.74) is 7.62. The molecule has 0 bridgehead atoms. The Morgan fingerprint density at radius 2 is 2.43 bits per heavy atom. The van der Waals surface area contributed by atoms with Gasteiger partial charge in [0, 0.05) is 20.0 Å². The van der Waals surface area contributed by atoms with Crippen LogP contribution in [0.1, 0.15) is 16.1 Å². The minimum absolute atomic E-state index is 0.0897. The first kappa shape index (κ1) is 8.80. The molecular formula is C9H12N4O. The highest BCUT2D eigenvalue weighted by molar-refractivity contribution is 5.97. The highest BCUT2D eigenvalue weighted by atomic mass is 16.1. The predicted octanol–water partition coefficient (Wildman–Crippen LogP) is -0.00860. The second-order valence-corrected chi connectivity index (χ2v) is 3.18. The van der Waals surface area contributed by atoms with E-state index >= 15 is 0 Å². The van der Waals surface area contributed by atoms with Crippen LogP contribution in [0, 0.1) is 0 Å². The molecule has 74 valence electrons. The molecule has 2 rings (SSSR count). The van der Waals surface area contributed by atoms with Gasteiger partial charge in [0.1, 0.15) is 5.82 Å². The van der Waals surface area contributed by atoms with Gasteiger partial charge in [0.15, 0.2) is 0 Å². The van der Waals surface area contributed by atoms with Crippen molar-refractivity contribution in [2.24, 2.45) is 0 Å². The number of nitrogens with zero attached hydrogens (tertiary/aromatic N) is 1. The van der Waals surface area contributed by atoms with Crippen molar-refractivity contribution in [2.75, 3.05) is 24.6 Å². The van der Waals surface area contributed by atoms with Gasteiger partial charge < -0.3 is 16.4 Å². The quantitative estimate of drug-likeness (QED) is 0.584. The van der Waals surface area contributed by atoms with Crippen LogP contribution in [0.5, 0.6) is 0 Å². The summed E-state index contributed by atoms with van der Waals surface area (Å²) in [7, 11) is 1.76. The molecule has 1 aromatic heterocycles. The minimum Gasteiger partial charge on any atom is -0.396 e. The number of anilines is 2. The lowest BCUT2D eigenvalue weighted by molar-refractivity contribution is 0.0945. The lowest BCUT2D eigenvalue weighted by Gasteiger charge is -2.17. The third-order valence-corrected chi connectivity index (χ3v) is 2.26. The van der Waals surface area contributed by atoms with Crippen molar-refractivity contribution in [2.45, 2.75) is 6.42 Å². The maximum Gasteiger partial charge on any atom is 0.253 e. The number of pyridine rings is 1. The Morgan fingerprint density at radius 3 is 3.14 bits per heavy atom. The molecule has 1 amide bonds. The SMILES string of the molecule is CNc1nc2c(cc1N)C(=O)NCC2. The van der Waals surface area contributed by atoms with Gasteiger partial charge in [-0.2, -0.15) is 0 Å². The van der Waals surface area contributed by atoms with E-state index in [-0.39, 0.29) is 5.91 Å². The Morgan fingerprint density at radius 1 is 1.64 bits per heavy atom. The van der Waals surface area contributed by atoms with Gasteiger partial charge in [-0.25, -0.2) is 4.98 Å². The van der Waals surface area contributed by atoms with Crippen molar-refractivity contribution in [1.29, 1.82) is 0 Å². The zero-order chi connectivity index (χ0) is 10.1. The molecule has 1 aliphatic heterocycles. The standard InChI is InChI=1S/C9H12N4O/c1-11-8-6(10)4-5-7(13-8)2-3-12-9(5)14/h4H,2-3,10H2,1H3,(H,11,13)(H,12,14). The van der Waals surface area contributed by atoms with Crippen LogP contribution < -0.4 is 16.4 Å². The normalized spacial score (nSPS) is 14.5. The first-order valence-electron chi connectivity index (χ1n) is 4.47. The van der Waals surface area contributed by atoms with Crippen molar-refractivity contribution in [1.82, 2.24) is 10.3 Å². The van der Waals surface area contributed by atoms with E-state index < -0.39 is 0 Å². The molecule has 0 spiro atoms. The Labute approximate surface area is 81.7 Å². The topological polar surface area (TPSA) is 80.0 Å². The molecule has 5 nitrogen and oxygen atoms in total. The van der Waals surface area contributed by atoms with E-state index in [1.165, 1.54) is 0 Å². The van der Waals surface area contributed by atoms with E-state index in [1.807, 2.05) is 0 Å². The van der Waals surface area contributed by atoms with Crippen LogP contribution in [0.15, 0.2) is 6.07 Å². The van der Waals surface area contributed by atoms with Crippen LogP contribution in [0.3, 0.4) is 0 Å². The maximum atomic E-state index is 11.4. The van der Waals surface area contributed by atoms with Gasteiger partial charge >= 0.3 is 0 Å². The van der Waals surface area contributed by atoms with Gasteiger partial charge in [-0.3, -0.25) is 4.79 Å². The third-order valence-electron chi connectivity index (χ3n) is 2.26. The Balaban J connectivity index is 2.54. The molecule has 2 heterocycles. The fraction of sp³-hybridized carbons (Fsp3) is 0.333. The zero-order valence-corrected chi connectivity index (χ0v) is 7.92. The van der Waals surface area contributed by atoms with Crippen LogP contribution in [0.2, 0.25) is 0 Å². The summed E-state index contributed by atoms with van der Waals surface area (Å²) in [6.07, 6.45) is 0.760. The van der Waals surface area contributed by atoms with E-state index in [1.54, 1.807) is 13.1 Å². The van der Waals surface area contributed by atoms with Gasteiger partial charge in [0.05, 0.1) is 16.9 Å². The number of hydrogen-bond acceptors (Lipinski definition) is 4. The van der Waals surface area contributed by atoms with E-state index in [2.05, 4.69) is 15.6 Å². The number of nitrogens with one attached hydrogen (secondary N) is 2. The fourth-order valence-electron chi connectivity index (χ4n) is 1.54. The average molecular weight is 192 g/mol. The molecule has 14 heavy (non-hydrogen) atoms. The molecule has 0 radical (unpaired) electrons. The molecule has 1 aromatic rings. The number of amides is 1. The van der Waals surface area contributed by atoms with Crippen molar-refractivity contribution in [3.63, 3.8) is 0 Å². The van der Waals surface area contributed by atoms with E-state index in [0.717, 1.165) is 12.1 Å². The second-order valence-electron chi connectivity index (χ2n) is 3.18. The van der Waals surface area contributed by atoms with Crippen LogP contribution >= 0.6 is 0 Å². The third kappa shape index (κ3) is 1.26. The van der Waals surface area contributed by atoms with Gasteiger partial charge in [-0.15, -0.1) is 0 Å². The molecule has 4 N–H and O–H groups in total. The molecule has 5 heteroatoms. The Kier molecular flexibility index (Phi) is 1.99. The van der Waals surface area contributed by atoms with Gasteiger partial charge in [-0.1, -0.05) is 0 Å². The number of nitrogen functional groups attached to an aromatic ring is 1. The van der Waals surface area contributed by atoms with E-state index in [0.29, 0.717) is 23.6 Å². The summed E-state index contributed by atoms with van der Waals surface area (Å²) in [4.78, 5) is 15.7. The molecule has 0 saturated carbocycles. The first-order chi connectivity index (χ1) is 6.72. The summed E-state index contributed by atoms with van der Waals surface area (Å²) < 4.78 is 0. The molecule has 0 unspecified atom stereocenters. The van der Waals surface area contributed by atoms with Crippen molar-refractivity contribution in [3.05, 3.63) is 17.3 Å². The maximum absolute atomic E-state index is 11.4. The molecule has 0 atom stereocenters. The Bertz CT molecular complexity index is 389. The minimum atomic E-state index is -0.0897. The first-order valence-corrected chi connectivity index (χ1v) is 4.47. The lowest BCUT2D eigenvalue weighted by atomic mass is 10.1. The summed E-state index contributed by atoms with van der Waals surface area (Å²) in [5.74, 6) is 0.548. The predicted molar refractivity (Wildman–Crippen MR) is 54.2 cm³/mol. The highest BCUT2D eigenvalue weighted by Crippen LogP contribution is 2.21. The number of nitrogens with two attached hydrogens (primary N) is 1. The number of carbonyl (C=O) groups is 1. The van der Waals surface area contributed by atoms with Gasteiger partial charge in [0.2, 0.25) is 0 Å². The second kappa shape index (κ2) is 3.17. The number of fused-ring (bicyclic) bond motifs is 1. The van der Waals surface area contributed by atoms with Gasteiger partial charge in [0.25, 0.3) is 5.91 Å². The highest BCUT2D eigenvalue weighted by Gasteiger charge is 2.19. The van der Waals surface area contributed by atoms with Crippen LogP contribution in [-0.4, -0.2) is 24.5 Å². The van der Waals surface area contributed by atoms with Crippen LogP contribution in [0.4, 0.5) is 11.5 Å². The number of hydrogen-bond donors (Lipinski definition) is 3. The fourth-order valence-corrected chi connectivity index (χ4v) is 1.54. The Hall–Kier alpha value is -1.78. The molecule has 0 fully saturated rings. The van der Waals surface area contributed by atoms with Crippen molar-refractivity contribution < 1.29 is 4.79 Å². The largest absolute Gasteiger partial charge is 0.396 e. The van der Waals surface area contributed by atoms with E-state index in [4.69, 9.17) is 5.73 Å². The zero-order valence-electron chi connectivity index (χ0n) is 7.92. The lowest BCUT2D eigenvalue weighted by Crippen LogP contribution is -2.32. The summed E-state index contributed by atoms with van der Waals surface area (Å²) in [6, 6.07) is 1.67. The van der Waals surface area contributed by atoms with Gasteiger partial charge in [-0.05, 0) is 6.07 Å². The monoisotopic (exact) mass is 192 g/mol. The molecule has 0 saturated heterocycles. The number of aromatic nitrogens is 1.